The molecule has 0 radical (unpaired) electrons. The van der Waals surface area contributed by atoms with Crippen molar-refractivity contribution in [3.05, 3.63) is 35.6 Å². The van der Waals surface area contributed by atoms with Gasteiger partial charge in [0, 0.05) is 13.1 Å². The Morgan fingerprint density at radius 2 is 1.84 bits per heavy atom. The standard InChI is InChI=1S/C19H27FN2O3/c1-4-25-18(23)15-9-11-22(12-10-15)19(24)21-17(13(2)3)14-5-7-16(20)8-6-14/h5-8,13,15,17H,4,9-12H2,1-3H3,(H,21,24). The maximum Gasteiger partial charge on any atom is 0.317 e. The van der Waals surface area contributed by atoms with Crippen LogP contribution in [0.4, 0.5) is 9.18 Å². The molecule has 1 aromatic rings. The maximum atomic E-state index is 13.1. The van der Waals surface area contributed by atoms with E-state index in [9.17, 15) is 14.0 Å². The highest BCUT2D eigenvalue weighted by atomic mass is 19.1. The second kappa shape index (κ2) is 8.83. The Balaban J connectivity index is 1.94. The Morgan fingerprint density at radius 3 is 2.36 bits per heavy atom. The van der Waals surface area contributed by atoms with Crippen molar-refractivity contribution in [1.82, 2.24) is 10.2 Å². The van der Waals surface area contributed by atoms with Gasteiger partial charge in [-0.2, -0.15) is 0 Å². The fourth-order valence-electron chi connectivity index (χ4n) is 3.11. The SMILES string of the molecule is CCOC(=O)C1CCN(C(=O)NC(c2ccc(F)cc2)C(C)C)CC1. The first-order chi connectivity index (χ1) is 11.9. The fraction of sp³-hybridized carbons (Fsp3) is 0.579. The molecule has 0 aliphatic carbocycles. The van der Waals surface area contributed by atoms with E-state index in [0.717, 1.165) is 5.56 Å². The molecule has 6 heteroatoms. The maximum absolute atomic E-state index is 13.1. The molecular weight excluding hydrogens is 323 g/mol. The lowest BCUT2D eigenvalue weighted by atomic mass is 9.95. The van der Waals surface area contributed by atoms with Gasteiger partial charge in [-0.1, -0.05) is 26.0 Å². The lowest BCUT2D eigenvalue weighted by Gasteiger charge is -2.33. The van der Waals surface area contributed by atoms with Gasteiger partial charge in [-0.15, -0.1) is 0 Å². The number of carbonyl (C=O) groups excluding carboxylic acids is 2. The van der Waals surface area contributed by atoms with E-state index < -0.39 is 0 Å². The number of esters is 1. The van der Waals surface area contributed by atoms with Crippen LogP contribution in [0.5, 0.6) is 0 Å². The molecule has 1 heterocycles. The average Bonchev–Trinajstić information content (AvgIpc) is 2.60. The molecular formula is C19H27FN2O3. The van der Waals surface area contributed by atoms with Crippen LogP contribution >= 0.6 is 0 Å². The number of rotatable bonds is 5. The second-order valence-electron chi connectivity index (χ2n) is 6.74. The van der Waals surface area contributed by atoms with Crippen LogP contribution in [0.25, 0.3) is 0 Å². The molecule has 1 aromatic carbocycles. The van der Waals surface area contributed by atoms with Gasteiger partial charge in [0.25, 0.3) is 0 Å². The molecule has 2 rings (SSSR count). The molecule has 1 aliphatic heterocycles. The summed E-state index contributed by atoms with van der Waals surface area (Å²) < 4.78 is 18.2. The van der Waals surface area contributed by atoms with E-state index in [4.69, 9.17) is 4.74 Å². The third-order valence-electron chi connectivity index (χ3n) is 4.58. The van der Waals surface area contributed by atoms with E-state index in [2.05, 4.69) is 5.32 Å². The van der Waals surface area contributed by atoms with Crippen LogP contribution in [0.15, 0.2) is 24.3 Å². The van der Waals surface area contributed by atoms with Gasteiger partial charge in [-0.3, -0.25) is 4.79 Å². The predicted molar refractivity (Wildman–Crippen MR) is 93.4 cm³/mol. The number of nitrogens with one attached hydrogen (secondary N) is 1. The van der Waals surface area contributed by atoms with Gasteiger partial charge in [0.05, 0.1) is 18.6 Å². The molecule has 1 aliphatic rings. The zero-order valence-electron chi connectivity index (χ0n) is 15.1. The quantitative estimate of drug-likeness (QED) is 0.827. The van der Waals surface area contributed by atoms with Crippen molar-refractivity contribution in [2.45, 2.75) is 39.7 Å². The summed E-state index contributed by atoms with van der Waals surface area (Å²) in [6.45, 7) is 7.27. The molecule has 5 nitrogen and oxygen atoms in total. The van der Waals surface area contributed by atoms with Crippen molar-refractivity contribution in [3.63, 3.8) is 0 Å². The summed E-state index contributed by atoms with van der Waals surface area (Å²) in [7, 11) is 0. The van der Waals surface area contributed by atoms with Crippen LogP contribution in [-0.4, -0.2) is 36.6 Å². The lowest BCUT2D eigenvalue weighted by Crippen LogP contribution is -2.47. The van der Waals surface area contributed by atoms with E-state index in [1.165, 1.54) is 12.1 Å². The van der Waals surface area contributed by atoms with Crippen molar-refractivity contribution in [1.29, 1.82) is 0 Å². The molecule has 1 atom stereocenters. The molecule has 0 bridgehead atoms. The van der Waals surface area contributed by atoms with Crippen molar-refractivity contribution >= 4 is 12.0 Å². The van der Waals surface area contributed by atoms with Gasteiger partial charge in [0.2, 0.25) is 0 Å². The van der Waals surface area contributed by atoms with E-state index in [1.807, 2.05) is 13.8 Å². The zero-order chi connectivity index (χ0) is 18.4. The molecule has 25 heavy (non-hydrogen) atoms. The number of carbonyl (C=O) groups is 2. The number of hydrogen-bond donors (Lipinski definition) is 1. The Bertz CT molecular complexity index is 581. The number of hydrogen-bond acceptors (Lipinski definition) is 3. The molecule has 138 valence electrons. The van der Waals surface area contributed by atoms with E-state index in [1.54, 1.807) is 24.0 Å². The monoisotopic (exact) mass is 350 g/mol. The fourth-order valence-corrected chi connectivity index (χ4v) is 3.11. The van der Waals surface area contributed by atoms with E-state index >= 15 is 0 Å². The average molecular weight is 350 g/mol. The smallest absolute Gasteiger partial charge is 0.317 e. The van der Waals surface area contributed by atoms with Crippen molar-refractivity contribution in [3.8, 4) is 0 Å². The molecule has 1 unspecified atom stereocenters. The van der Waals surface area contributed by atoms with Crippen molar-refractivity contribution in [2.24, 2.45) is 11.8 Å². The summed E-state index contributed by atoms with van der Waals surface area (Å²) in [4.78, 5) is 26.1. The van der Waals surface area contributed by atoms with E-state index in [-0.39, 0.29) is 35.7 Å². The first-order valence-electron chi connectivity index (χ1n) is 8.90. The van der Waals surface area contributed by atoms with Crippen molar-refractivity contribution in [2.75, 3.05) is 19.7 Å². The van der Waals surface area contributed by atoms with Crippen LogP contribution in [-0.2, 0) is 9.53 Å². The number of halogens is 1. The number of likely N-dealkylation sites (tertiary alicyclic amines) is 1. The highest BCUT2D eigenvalue weighted by Crippen LogP contribution is 2.24. The van der Waals surface area contributed by atoms with Crippen molar-refractivity contribution < 1.29 is 18.7 Å². The third kappa shape index (κ3) is 5.18. The van der Waals surface area contributed by atoms with Gasteiger partial charge in [-0.05, 0) is 43.4 Å². The Kier molecular flexibility index (Phi) is 6.79. The summed E-state index contributed by atoms with van der Waals surface area (Å²) in [5, 5.41) is 3.04. The zero-order valence-corrected chi connectivity index (χ0v) is 15.1. The number of ether oxygens (including phenoxy) is 1. The molecule has 2 amide bonds. The minimum Gasteiger partial charge on any atom is -0.466 e. The normalized spacial score (nSPS) is 16.6. The van der Waals surface area contributed by atoms with Gasteiger partial charge in [-0.25, -0.2) is 9.18 Å². The second-order valence-corrected chi connectivity index (χ2v) is 6.74. The van der Waals surface area contributed by atoms with Gasteiger partial charge >= 0.3 is 12.0 Å². The van der Waals surface area contributed by atoms with Gasteiger partial charge in [0.15, 0.2) is 0 Å². The summed E-state index contributed by atoms with van der Waals surface area (Å²) >= 11 is 0. The van der Waals surface area contributed by atoms with E-state index in [0.29, 0.717) is 32.5 Å². The number of amides is 2. The Hall–Kier alpha value is -2.11. The number of benzene rings is 1. The minimum absolute atomic E-state index is 0.123. The molecule has 0 aromatic heterocycles. The van der Waals surface area contributed by atoms with Crippen LogP contribution in [0.1, 0.15) is 45.2 Å². The number of piperidine rings is 1. The Labute approximate surface area is 148 Å². The molecule has 0 spiro atoms. The number of nitrogens with zero attached hydrogens (tertiary/aromatic N) is 1. The van der Waals surface area contributed by atoms with Crippen LogP contribution in [0.2, 0.25) is 0 Å². The Morgan fingerprint density at radius 1 is 1.24 bits per heavy atom. The first-order valence-corrected chi connectivity index (χ1v) is 8.90. The summed E-state index contributed by atoms with van der Waals surface area (Å²) in [6, 6.07) is 5.88. The number of urea groups is 1. The van der Waals surface area contributed by atoms with Crippen LogP contribution < -0.4 is 5.32 Å². The highest BCUT2D eigenvalue weighted by molar-refractivity contribution is 5.76. The topological polar surface area (TPSA) is 58.6 Å². The van der Waals surface area contributed by atoms with Gasteiger partial charge in [0.1, 0.15) is 5.82 Å². The van der Waals surface area contributed by atoms with Gasteiger partial charge < -0.3 is 15.0 Å². The molecule has 1 fully saturated rings. The summed E-state index contributed by atoms with van der Waals surface area (Å²) in [6.07, 6.45) is 1.24. The minimum atomic E-state index is -0.293. The third-order valence-corrected chi connectivity index (χ3v) is 4.58. The molecule has 1 N–H and O–H groups in total. The highest BCUT2D eigenvalue weighted by Gasteiger charge is 2.29. The summed E-state index contributed by atoms with van der Waals surface area (Å²) in [5.41, 5.74) is 0.881. The lowest BCUT2D eigenvalue weighted by molar-refractivity contribution is -0.149. The molecule has 0 saturated carbocycles. The molecule has 1 saturated heterocycles. The van der Waals surface area contributed by atoms with Crippen LogP contribution in [0, 0.1) is 17.7 Å². The largest absolute Gasteiger partial charge is 0.466 e. The van der Waals surface area contributed by atoms with Crippen LogP contribution in [0.3, 0.4) is 0 Å². The summed E-state index contributed by atoms with van der Waals surface area (Å²) in [5.74, 6) is -0.416. The first kappa shape index (κ1) is 19.2. The predicted octanol–water partition coefficient (Wildman–Crippen LogP) is 3.51.